The van der Waals surface area contributed by atoms with Gasteiger partial charge in [0.2, 0.25) is 5.91 Å². The molecule has 0 saturated carbocycles. The van der Waals surface area contributed by atoms with Crippen LogP contribution in [0.4, 0.5) is 0 Å². The van der Waals surface area contributed by atoms with Gasteiger partial charge in [0, 0.05) is 31.6 Å². The second-order valence-electron chi connectivity index (χ2n) is 7.51. The Bertz CT molecular complexity index is 945. The highest BCUT2D eigenvalue weighted by molar-refractivity contribution is 5.85. The Morgan fingerprint density at radius 2 is 1.87 bits per heavy atom. The number of nitrogens with one attached hydrogen (secondary N) is 1. The van der Waals surface area contributed by atoms with Gasteiger partial charge >= 0.3 is 0 Å². The highest BCUT2D eigenvalue weighted by Crippen LogP contribution is 2.32. The lowest BCUT2D eigenvalue weighted by Gasteiger charge is -2.15. The number of halogens is 2. The lowest BCUT2D eigenvalue weighted by atomic mass is 10.0. The molecule has 0 saturated heterocycles. The van der Waals surface area contributed by atoms with E-state index in [-0.39, 0.29) is 30.7 Å². The molecular formula is C23H28Cl2N4O. The number of imidazole rings is 1. The summed E-state index contributed by atoms with van der Waals surface area (Å²) in [5, 5.41) is 3.03. The summed E-state index contributed by atoms with van der Waals surface area (Å²) < 4.78 is 2.02. The third-order valence-corrected chi connectivity index (χ3v) is 5.44. The number of carbonyl (C=O) groups excluding carboxylic acids is 1. The first-order valence-corrected chi connectivity index (χ1v) is 9.84. The van der Waals surface area contributed by atoms with E-state index in [9.17, 15) is 4.79 Å². The number of aryl methyl sites for hydroxylation is 1. The fourth-order valence-electron chi connectivity index (χ4n) is 3.92. The molecule has 2 atom stereocenters. The number of benzene rings is 2. The number of fused-ring (bicyclic) bond motifs is 1. The number of carbonyl (C=O) groups is 1. The van der Waals surface area contributed by atoms with Crippen molar-refractivity contribution in [1.29, 1.82) is 0 Å². The SMILES string of the molecule is Cl.Cl.N[C@@H](Cc1cn(Cc2ccccc2)cn1)C(=O)NCC1CCc2ccccc21. The van der Waals surface area contributed by atoms with Gasteiger partial charge in [-0.2, -0.15) is 0 Å². The zero-order chi connectivity index (χ0) is 19.3. The van der Waals surface area contributed by atoms with Crippen LogP contribution in [0.25, 0.3) is 0 Å². The Balaban J connectivity index is 0.00000160. The molecule has 1 aromatic heterocycles. The molecule has 3 N–H and O–H groups in total. The van der Waals surface area contributed by atoms with Crippen molar-refractivity contribution < 1.29 is 4.79 Å². The highest BCUT2D eigenvalue weighted by atomic mass is 35.5. The number of amides is 1. The van der Waals surface area contributed by atoms with E-state index in [2.05, 4.69) is 46.7 Å². The summed E-state index contributed by atoms with van der Waals surface area (Å²) in [6, 6.07) is 18.1. The molecule has 1 unspecified atom stereocenters. The lowest BCUT2D eigenvalue weighted by molar-refractivity contribution is -0.122. The maximum absolute atomic E-state index is 12.4. The van der Waals surface area contributed by atoms with Crippen LogP contribution in [-0.4, -0.2) is 28.0 Å². The van der Waals surface area contributed by atoms with Crippen molar-refractivity contribution in [2.45, 2.75) is 37.8 Å². The number of hydrogen-bond donors (Lipinski definition) is 2. The van der Waals surface area contributed by atoms with Gasteiger partial charge < -0.3 is 15.6 Å². The van der Waals surface area contributed by atoms with Crippen LogP contribution in [0.15, 0.2) is 67.1 Å². The van der Waals surface area contributed by atoms with Crippen molar-refractivity contribution in [2.75, 3.05) is 6.54 Å². The quantitative estimate of drug-likeness (QED) is 0.583. The van der Waals surface area contributed by atoms with E-state index in [1.54, 1.807) is 6.33 Å². The maximum Gasteiger partial charge on any atom is 0.237 e. The van der Waals surface area contributed by atoms with Gasteiger partial charge in [-0.1, -0.05) is 54.6 Å². The lowest BCUT2D eigenvalue weighted by Crippen LogP contribution is -2.43. The van der Waals surface area contributed by atoms with Gasteiger partial charge in [0.25, 0.3) is 0 Å². The van der Waals surface area contributed by atoms with E-state index in [0.29, 0.717) is 18.9 Å². The monoisotopic (exact) mass is 446 g/mol. The van der Waals surface area contributed by atoms with E-state index < -0.39 is 6.04 Å². The van der Waals surface area contributed by atoms with Crippen LogP contribution in [0.3, 0.4) is 0 Å². The van der Waals surface area contributed by atoms with Crippen LogP contribution >= 0.6 is 24.8 Å². The van der Waals surface area contributed by atoms with Crippen molar-refractivity contribution in [1.82, 2.24) is 14.9 Å². The summed E-state index contributed by atoms with van der Waals surface area (Å²) in [5.41, 5.74) is 10.9. The first kappa shape index (κ1) is 23.9. The molecule has 1 aliphatic carbocycles. The van der Waals surface area contributed by atoms with Crippen molar-refractivity contribution in [3.63, 3.8) is 0 Å². The Labute approximate surface area is 189 Å². The average molecular weight is 447 g/mol. The smallest absolute Gasteiger partial charge is 0.237 e. The molecular weight excluding hydrogens is 419 g/mol. The van der Waals surface area contributed by atoms with E-state index in [1.165, 1.54) is 16.7 Å². The molecule has 4 rings (SSSR count). The zero-order valence-electron chi connectivity index (χ0n) is 16.7. The highest BCUT2D eigenvalue weighted by Gasteiger charge is 2.23. The summed E-state index contributed by atoms with van der Waals surface area (Å²) in [7, 11) is 0. The van der Waals surface area contributed by atoms with Crippen LogP contribution in [0.1, 0.15) is 34.7 Å². The van der Waals surface area contributed by atoms with E-state index in [4.69, 9.17) is 5.73 Å². The van der Waals surface area contributed by atoms with Gasteiger partial charge in [0.05, 0.1) is 18.1 Å². The van der Waals surface area contributed by atoms with Gasteiger partial charge in [-0.15, -0.1) is 24.8 Å². The fourth-order valence-corrected chi connectivity index (χ4v) is 3.92. The van der Waals surface area contributed by atoms with Crippen LogP contribution in [0, 0.1) is 0 Å². The number of aromatic nitrogens is 2. The molecule has 1 heterocycles. The molecule has 7 heteroatoms. The third-order valence-electron chi connectivity index (χ3n) is 5.44. The first-order chi connectivity index (χ1) is 13.7. The van der Waals surface area contributed by atoms with Gasteiger partial charge in [-0.3, -0.25) is 4.79 Å². The van der Waals surface area contributed by atoms with Crippen LogP contribution in [0.5, 0.6) is 0 Å². The van der Waals surface area contributed by atoms with Gasteiger partial charge in [-0.25, -0.2) is 4.98 Å². The fraction of sp³-hybridized carbons (Fsp3) is 0.304. The topological polar surface area (TPSA) is 72.9 Å². The molecule has 0 fully saturated rings. The van der Waals surface area contributed by atoms with Crippen molar-refractivity contribution in [3.8, 4) is 0 Å². The summed E-state index contributed by atoms with van der Waals surface area (Å²) in [4.78, 5) is 16.8. The molecule has 0 aliphatic heterocycles. The summed E-state index contributed by atoms with van der Waals surface area (Å²) in [5.74, 6) is 0.277. The molecule has 5 nitrogen and oxygen atoms in total. The van der Waals surface area contributed by atoms with Crippen molar-refractivity contribution in [2.24, 2.45) is 5.73 Å². The zero-order valence-corrected chi connectivity index (χ0v) is 18.4. The van der Waals surface area contributed by atoms with E-state index >= 15 is 0 Å². The molecule has 1 amide bonds. The predicted molar refractivity (Wildman–Crippen MR) is 124 cm³/mol. The van der Waals surface area contributed by atoms with Crippen molar-refractivity contribution >= 4 is 30.7 Å². The minimum absolute atomic E-state index is 0. The minimum Gasteiger partial charge on any atom is -0.354 e. The largest absolute Gasteiger partial charge is 0.354 e. The Morgan fingerprint density at radius 3 is 2.67 bits per heavy atom. The molecule has 2 aromatic carbocycles. The van der Waals surface area contributed by atoms with Gasteiger partial charge in [0.1, 0.15) is 0 Å². The summed E-state index contributed by atoms with van der Waals surface area (Å²) in [6.07, 6.45) is 6.37. The summed E-state index contributed by atoms with van der Waals surface area (Å²) in [6.45, 7) is 1.41. The van der Waals surface area contributed by atoms with Gasteiger partial charge in [0.15, 0.2) is 0 Å². The second-order valence-corrected chi connectivity index (χ2v) is 7.51. The molecule has 30 heavy (non-hydrogen) atoms. The number of hydrogen-bond acceptors (Lipinski definition) is 3. The standard InChI is InChI=1S/C23H26N4O.2ClH/c24-22(12-20-15-27(16-26-20)14-17-6-2-1-3-7-17)23(28)25-13-19-11-10-18-8-4-5-9-21(18)19;;/h1-9,15-16,19,22H,10-14,24H2,(H,25,28);2*1H/t19?,22-;;/m0../s1. The second kappa shape index (κ2) is 11.2. The molecule has 1 aliphatic rings. The number of rotatable bonds is 7. The predicted octanol–water partition coefficient (Wildman–Crippen LogP) is 3.49. The molecule has 0 bridgehead atoms. The third kappa shape index (κ3) is 5.85. The molecule has 0 radical (unpaired) electrons. The van der Waals surface area contributed by atoms with Crippen LogP contribution < -0.4 is 11.1 Å². The first-order valence-electron chi connectivity index (χ1n) is 9.84. The van der Waals surface area contributed by atoms with Crippen LogP contribution in [0.2, 0.25) is 0 Å². The van der Waals surface area contributed by atoms with E-state index in [1.807, 2.05) is 29.0 Å². The van der Waals surface area contributed by atoms with Crippen molar-refractivity contribution in [3.05, 3.63) is 89.5 Å². The Morgan fingerprint density at radius 1 is 1.13 bits per heavy atom. The maximum atomic E-state index is 12.4. The molecule has 3 aromatic rings. The minimum atomic E-state index is -0.586. The normalized spacial score (nSPS) is 15.4. The molecule has 160 valence electrons. The summed E-state index contributed by atoms with van der Waals surface area (Å²) >= 11 is 0. The van der Waals surface area contributed by atoms with Crippen LogP contribution in [-0.2, 0) is 24.2 Å². The van der Waals surface area contributed by atoms with Gasteiger partial charge in [-0.05, 0) is 29.5 Å². The number of nitrogens with zero attached hydrogens (tertiary/aromatic N) is 2. The average Bonchev–Trinajstić information content (AvgIpc) is 3.33. The van der Waals surface area contributed by atoms with E-state index in [0.717, 1.165) is 25.1 Å². The Kier molecular flexibility index (Phi) is 8.90. The Hall–Kier alpha value is -2.34. The number of nitrogens with two attached hydrogens (primary N) is 1. The molecule has 0 spiro atoms.